The van der Waals surface area contributed by atoms with Crippen molar-refractivity contribution in [3.8, 4) is 0 Å². The zero-order valence-corrected chi connectivity index (χ0v) is 16.1. The average Bonchev–Trinajstić information content (AvgIpc) is 3.44. The molecule has 2 amide bonds. The van der Waals surface area contributed by atoms with E-state index in [2.05, 4.69) is 20.2 Å². The van der Waals surface area contributed by atoms with Crippen LogP contribution in [0.2, 0.25) is 0 Å². The molecule has 7 heteroatoms. The van der Waals surface area contributed by atoms with Gasteiger partial charge in [0.25, 0.3) is 0 Å². The summed E-state index contributed by atoms with van der Waals surface area (Å²) in [5, 5.41) is 7.24. The van der Waals surface area contributed by atoms with E-state index < -0.39 is 0 Å². The number of carbonyl (C=O) groups excluding carboxylic acids is 2. The second-order valence-corrected chi connectivity index (χ2v) is 8.22. The number of nitrogens with one attached hydrogen (secondary N) is 1. The molecule has 2 saturated heterocycles. The van der Waals surface area contributed by atoms with Crippen molar-refractivity contribution in [1.82, 2.24) is 24.9 Å². The molecule has 1 aromatic rings. The van der Waals surface area contributed by atoms with Crippen LogP contribution >= 0.6 is 0 Å². The van der Waals surface area contributed by atoms with Crippen LogP contribution in [0, 0.1) is 11.8 Å². The van der Waals surface area contributed by atoms with Gasteiger partial charge < -0.3 is 10.2 Å². The average molecular weight is 374 g/mol. The van der Waals surface area contributed by atoms with E-state index in [-0.39, 0.29) is 11.8 Å². The molecular formula is C20H31N5O2. The van der Waals surface area contributed by atoms with Crippen molar-refractivity contribution in [3.05, 3.63) is 18.5 Å². The highest BCUT2D eigenvalue weighted by molar-refractivity contribution is 5.81. The molecule has 1 atom stereocenters. The van der Waals surface area contributed by atoms with Crippen molar-refractivity contribution in [2.24, 2.45) is 11.8 Å². The molecule has 1 aromatic heterocycles. The van der Waals surface area contributed by atoms with Crippen LogP contribution in [0.1, 0.15) is 38.5 Å². The third kappa shape index (κ3) is 4.69. The molecule has 0 radical (unpaired) electrons. The zero-order chi connectivity index (χ0) is 18.6. The normalized spacial score (nSPS) is 24.7. The molecule has 0 aromatic carbocycles. The highest BCUT2D eigenvalue weighted by Crippen LogP contribution is 2.32. The van der Waals surface area contributed by atoms with Gasteiger partial charge in [-0.25, -0.2) is 0 Å². The summed E-state index contributed by atoms with van der Waals surface area (Å²) in [4.78, 5) is 29.3. The zero-order valence-electron chi connectivity index (χ0n) is 16.1. The highest BCUT2D eigenvalue weighted by atomic mass is 16.2. The number of hydrogen-bond acceptors (Lipinski definition) is 4. The first-order valence-corrected chi connectivity index (χ1v) is 10.5. The molecule has 3 heterocycles. The van der Waals surface area contributed by atoms with Crippen LogP contribution in [0.25, 0.3) is 0 Å². The van der Waals surface area contributed by atoms with Gasteiger partial charge >= 0.3 is 0 Å². The van der Waals surface area contributed by atoms with Crippen LogP contribution in [0.15, 0.2) is 18.5 Å². The maximum atomic E-state index is 12.6. The monoisotopic (exact) mass is 373 g/mol. The van der Waals surface area contributed by atoms with Crippen molar-refractivity contribution in [2.75, 3.05) is 32.7 Å². The Balaban J connectivity index is 1.20. The number of rotatable bonds is 6. The first-order chi connectivity index (χ1) is 13.2. The molecule has 4 rings (SSSR count). The van der Waals surface area contributed by atoms with Crippen molar-refractivity contribution in [1.29, 1.82) is 0 Å². The third-order valence-corrected chi connectivity index (χ3v) is 6.24. The van der Waals surface area contributed by atoms with Crippen molar-refractivity contribution < 1.29 is 9.59 Å². The first kappa shape index (κ1) is 18.5. The number of hydrogen-bond donors (Lipinski definition) is 1. The highest BCUT2D eigenvalue weighted by Gasteiger charge is 2.37. The van der Waals surface area contributed by atoms with Crippen molar-refractivity contribution in [2.45, 2.75) is 51.1 Å². The van der Waals surface area contributed by atoms with Gasteiger partial charge in [0.05, 0.1) is 12.5 Å². The summed E-state index contributed by atoms with van der Waals surface area (Å²) < 4.78 is 1.84. The second-order valence-electron chi connectivity index (χ2n) is 8.22. The summed E-state index contributed by atoms with van der Waals surface area (Å²) >= 11 is 0. The molecule has 7 nitrogen and oxygen atoms in total. The Kier molecular flexibility index (Phi) is 5.76. The topological polar surface area (TPSA) is 70.5 Å². The molecule has 1 aliphatic carbocycles. The lowest BCUT2D eigenvalue weighted by Crippen LogP contribution is -2.51. The van der Waals surface area contributed by atoms with E-state index in [4.69, 9.17) is 0 Å². The molecule has 148 valence electrons. The van der Waals surface area contributed by atoms with E-state index in [1.54, 1.807) is 6.20 Å². The van der Waals surface area contributed by atoms with Gasteiger partial charge in [0.1, 0.15) is 0 Å². The Bertz CT molecular complexity index is 635. The van der Waals surface area contributed by atoms with Gasteiger partial charge in [-0.15, -0.1) is 0 Å². The number of nitrogens with zero attached hydrogens (tertiary/aromatic N) is 4. The van der Waals surface area contributed by atoms with E-state index in [0.29, 0.717) is 31.0 Å². The van der Waals surface area contributed by atoms with Gasteiger partial charge in [0.15, 0.2) is 0 Å². The first-order valence-electron chi connectivity index (χ1n) is 10.5. The third-order valence-electron chi connectivity index (χ3n) is 6.24. The fourth-order valence-electron chi connectivity index (χ4n) is 4.46. The lowest BCUT2D eigenvalue weighted by Gasteiger charge is -2.42. The molecule has 1 unspecified atom stereocenters. The summed E-state index contributed by atoms with van der Waals surface area (Å²) in [6, 6.07) is 2.41. The van der Waals surface area contributed by atoms with E-state index in [1.165, 1.54) is 0 Å². The fourth-order valence-corrected chi connectivity index (χ4v) is 4.46. The maximum absolute atomic E-state index is 12.6. The van der Waals surface area contributed by atoms with Gasteiger partial charge in [-0.2, -0.15) is 5.10 Å². The minimum atomic E-state index is 0.0856. The number of piperidine rings is 2. The minimum Gasteiger partial charge on any atom is -0.354 e. The largest absolute Gasteiger partial charge is 0.354 e. The number of amides is 2. The molecule has 2 aliphatic heterocycles. The molecule has 3 fully saturated rings. The Hall–Kier alpha value is -1.89. The lowest BCUT2D eigenvalue weighted by molar-refractivity contribution is -0.134. The summed E-state index contributed by atoms with van der Waals surface area (Å²) in [7, 11) is 0. The van der Waals surface area contributed by atoms with Gasteiger partial charge in [-0.05, 0) is 51.1 Å². The molecule has 1 N–H and O–H groups in total. The predicted molar refractivity (Wildman–Crippen MR) is 102 cm³/mol. The van der Waals surface area contributed by atoms with Gasteiger partial charge in [0, 0.05) is 50.5 Å². The summed E-state index contributed by atoms with van der Waals surface area (Å²) in [6.07, 6.45) is 9.99. The molecule has 1 saturated carbocycles. The van der Waals surface area contributed by atoms with Crippen LogP contribution in [-0.4, -0.2) is 70.2 Å². The maximum Gasteiger partial charge on any atom is 0.225 e. The second kappa shape index (κ2) is 8.42. The summed E-state index contributed by atoms with van der Waals surface area (Å²) in [5.41, 5.74) is 0. The summed E-state index contributed by atoms with van der Waals surface area (Å²) in [6.45, 7) is 5.04. The standard InChI is InChI=1S/C20H31N5O2/c26-19(21-9-14-25-11-2-8-22-25)17-3-1-10-24(15-17)18-6-12-23(13-7-18)20(27)16-4-5-16/h2,8,11,16-18H,1,3-7,9-10,12-15H2,(H,21,26). The minimum absolute atomic E-state index is 0.0856. The van der Waals surface area contributed by atoms with Crippen LogP contribution in [0.5, 0.6) is 0 Å². The number of aromatic nitrogens is 2. The van der Waals surface area contributed by atoms with Crippen LogP contribution < -0.4 is 5.32 Å². The summed E-state index contributed by atoms with van der Waals surface area (Å²) in [5.74, 6) is 0.962. The molecule has 0 spiro atoms. The molecule has 27 heavy (non-hydrogen) atoms. The fraction of sp³-hybridized carbons (Fsp3) is 0.750. The Morgan fingerprint density at radius 1 is 1.04 bits per heavy atom. The predicted octanol–water partition coefficient (Wildman–Crippen LogP) is 1.11. The van der Waals surface area contributed by atoms with Gasteiger partial charge in [-0.3, -0.25) is 19.2 Å². The number of carbonyl (C=O) groups is 2. The van der Waals surface area contributed by atoms with E-state index in [1.807, 2.05) is 16.9 Å². The quantitative estimate of drug-likeness (QED) is 0.811. The van der Waals surface area contributed by atoms with Crippen LogP contribution in [-0.2, 0) is 16.1 Å². The van der Waals surface area contributed by atoms with Crippen molar-refractivity contribution >= 4 is 11.8 Å². The molecular weight excluding hydrogens is 342 g/mol. The molecule has 3 aliphatic rings. The van der Waals surface area contributed by atoms with Crippen LogP contribution in [0.3, 0.4) is 0 Å². The lowest BCUT2D eigenvalue weighted by atomic mass is 9.93. The van der Waals surface area contributed by atoms with E-state index in [9.17, 15) is 9.59 Å². The Labute approximate surface area is 161 Å². The van der Waals surface area contributed by atoms with Crippen molar-refractivity contribution in [3.63, 3.8) is 0 Å². The Morgan fingerprint density at radius 3 is 2.56 bits per heavy atom. The molecule has 0 bridgehead atoms. The van der Waals surface area contributed by atoms with E-state index >= 15 is 0 Å². The SMILES string of the molecule is O=C(NCCn1cccn1)C1CCCN(C2CCN(C(=O)C3CC3)CC2)C1. The van der Waals surface area contributed by atoms with E-state index in [0.717, 1.165) is 64.7 Å². The van der Waals surface area contributed by atoms with Gasteiger partial charge in [-0.1, -0.05) is 0 Å². The Morgan fingerprint density at radius 2 is 1.85 bits per heavy atom. The smallest absolute Gasteiger partial charge is 0.225 e. The van der Waals surface area contributed by atoms with Gasteiger partial charge in [0.2, 0.25) is 11.8 Å². The van der Waals surface area contributed by atoms with Crippen LogP contribution in [0.4, 0.5) is 0 Å². The number of likely N-dealkylation sites (tertiary alicyclic amines) is 2.